The molecule has 8 heteroatoms. The summed E-state index contributed by atoms with van der Waals surface area (Å²) in [6, 6.07) is 14.1. The van der Waals surface area contributed by atoms with Crippen LogP contribution in [0, 0.1) is 0 Å². The van der Waals surface area contributed by atoms with Crippen molar-refractivity contribution >= 4 is 52.0 Å². The molecule has 27 heavy (non-hydrogen) atoms. The highest BCUT2D eigenvalue weighted by atomic mass is 35.5. The van der Waals surface area contributed by atoms with Gasteiger partial charge in [-0.25, -0.2) is 4.98 Å². The van der Waals surface area contributed by atoms with Crippen LogP contribution in [0.5, 0.6) is 0 Å². The second-order valence-electron chi connectivity index (χ2n) is 5.50. The maximum absolute atomic E-state index is 12.7. The number of benzene rings is 2. The molecule has 0 N–H and O–H groups in total. The predicted molar refractivity (Wildman–Crippen MR) is 105 cm³/mol. The summed E-state index contributed by atoms with van der Waals surface area (Å²) in [6.45, 7) is 1.83. The number of aromatic nitrogens is 1. The Bertz CT molecular complexity index is 945. The van der Waals surface area contributed by atoms with Crippen molar-refractivity contribution < 1.29 is 18.7 Å². The molecule has 0 bridgehead atoms. The van der Waals surface area contributed by atoms with E-state index in [1.165, 1.54) is 4.90 Å². The largest absolute Gasteiger partial charge is 0.465 e. The summed E-state index contributed by atoms with van der Waals surface area (Å²) in [5, 5.41) is 0.929. The molecular weight excluding hydrogens is 388 g/mol. The number of esters is 1. The Hall–Kier alpha value is -2.51. The summed E-state index contributed by atoms with van der Waals surface area (Å²) < 4.78 is 10.6. The number of fused-ring (bicyclic) bond motifs is 1. The smallest absolute Gasteiger partial charge is 0.326 e. The van der Waals surface area contributed by atoms with Crippen molar-refractivity contribution in [1.82, 2.24) is 4.98 Å². The van der Waals surface area contributed by atoms with E-state index in [-0.39, 0.29) is 24.8 Å². The zero-order chi connectivity index (χ0) is 19.2. The van der Waals surface area contributed by atoms with Crippen LogP contribution in [0.1, 0.15) is 6.92 Å². The summed E-state index contributed by atoms with van der Waals surface area (Å²) in [5.74, 6) is -0.648. The molecule has 0 unspecified atom stereocenters. The van der Waals surface area contributed by atoms with Crippen LogP contribution in [-0.2, 0) is 14.3 Å². The van der Waals surface area contributed by atoms with Gasteiger partial charge in [-0.2, -0.15) is 0 Å². The van der Waals surface area contributed by atoms with Gasteiger partial charge in [-0.1, -0.05) is 41.6 Å². The highest BCUT2D eigenvalue weighted by Gasteiger charge is 2.21. The summed E-state index contributed by atoms with van der Waals surface area (Å²) in [4.78, 5) is 30.3. The Balaban J connectivity index is 1.72. The number of halogens is 1. The molecule has 0 aliphatic carbocycles. The van der Waals surface area contributed by atoms with Crippen molar-refractivity contribution in [2.75, 3.05) is 23.8 Å². The zero-order valence-electron chi connectivity index (χ0n) is 14.6. The molecule has 0 saturated heterocycles. The molecule has 2 aromatic carbocycles. The van der Waals surface area contributed by atoms with E-state index in [0.717, 1.165) is 11.8 Å². The fourth-order valence-corrected chi connectivity index (χ4v) is 3.29. The fourth-order valence-electron chi connectivity index (χ4n) is 2.41. The van der Waals surface area contributed by atoms with Crippen molar-refractivity contribution in [2.45, 2.75) is 12.1 Å². The van der Waals surface area contributed by atoms with Crippen molar-refractivity contribution in [3.05, 3.63) is 53.6 Å². The van der Waals surface area contributed by atoms with E-state index >= 15 is 0 Å². The lowest BCUT2D eigenvalue weighted by molar-refractivity contribution is -0.142. The van der Waals surface area contributed by atoms with Gasteiger partial charge in [-0.05, 0) is 37.3 Å². The van der Waals surface area contributed by atoms with Crippen molar-refractivity contribution in [3.63, 3.8) is 0 Å². The normalized spacial score (nSPS) is 10.7. The number of oxazole rings is 1. The fraction of sp³-hybridized carbons (Fsp3) is 0.211. The molecule has 0 aliphatic rings. The third-order valence-electron chi connectivity index (χ3n) is 3.61. The lowest BCUT2D eigenvalue weighted by atomic mass is 10.3. The number of thioether (sulfide) groups is 1. The number of ether oxygens (including phenoxy) is 1. The number of rotatable bonds is 7. The van der Waals surface area contributed by atoms with E-state index in [0.29, 0.717) is 27.0 Å². The molecule has 6 nitrogen and oxygen atoms in total. The minimum Gasteiger partial charge on any atom is -0.465 e. The molecule has 0 atom stereocenters. The molecular formula is C19H17ClN2O4S. The molecule has 1 amide bonds. The Kier molecular flexibility index (Phi) is 6.36. The van der Waals surface area contributed by atoms with Crippen LogP contribution in [0.2, 0.25) is 5.02 Å². The van der Waals surface area contributed by atoms with Gasteiger partial charge in [0.15, 0.2) is 5.58 Å². The van der Waals surface area contributed by atoms with Gasteiger partial charge in [0.1, 0.15) is 12.1 Å². The Morgan fingerprint density at radius 2 is 2.00 bits per heavy atom. The molecule has 3 aromatic rings. The van der Waals surface area contributed by atoms with Crippen molar-refractivity contribution in [1.29, 1.82) is 0 Å². The second kappa shape index (κ2) is 8.92. The molecule has 0 fully saturated rings. The van der Waals surface area contributed by atoms with Crippen molar-refractivity contribution in [3.8, 4) is 0 Å². The molecule has 1 aromatic heterocycles. The van der Waals surface area contributed by atoms with E-state index in [9.17, 15) is 9.59 Å². The van der Waals surface area contributed by atoms with Crippen LogP contribution < -0.4 is 4.90 Å². The number of hydrogen-bond acceptors (Lipinski definition) is 6. The number of carbonyl (C=O) groups is 2. The molecule has 0 radical (unpaired) electrons. The summed E-state index contributed by atoms with van der Waals surface area (Å²) in [7, 11) is 0. The monoisotopic (exact) mass is 404 g/mol. The van der Waals surface area contributed by atoms with Crippen molar-refractivity contribution in [2.24, 2.45) is 0 Å². The SMILES string of the molecule is CCOC(=O)CN(C(=O)CSc1nc2cc(Cl)ccc2o1)c1ccccc1. The molecule has 0 saturated carbocycles. The van der Waals surface area contributed by atoms with Gasteiger partial charge >= 0.3 is 5.97 Å². The highest BCUT2D eigenvalue weighted by Crippen LogP contribution is 2.26. The Morgan fingerprint density at radius 3 is 2.74 bits per heavy atom. The Morgan fingerprint density at radius 1 is 1.22 bits per heavy atom. The topological polar surface area (TPSA) is 72.6 Å². The molecule has 3 rings (SSSR count). The lowest BCUT2D eigenvalue weighted by Gasteiger charge is -2.21. The zero-order valence-corrected chi connectivity index (χ0v) is 16.1. The van der Waals surface area contributed by atoms with Crippen LogP contribution in [0.3, 0.4) is 0 Å². The first-order valence-corrected chi connectivity index (χ1v) is 9.63. The van der Waals surface area contributed by atoms with Crippen LogP contribution >= 0.6 is 23.4 Å². The molecule has 140 valence electrons. The average molecular weight is 405 g/mol. The lowest BCUT2D eigenvalue weighted by Crippen LogP contribution is -2.37. The molecule has 1 heterocycles. The number of nitrogens with zero attached hydrogens (tertiary/aromatic N) is 2. The molecule has 0 aliphatic heterocycles. The minimum atomic E-state index is -0.462. The van der Waals surface area contributed by atoms with Gasteiger partial charge in [-0.3, -0.25) is 9.59 Å². The van der Waals surface area contributed by atoms with E-state index < -0.39 is 5.97 Å². The maximum Gasteiger partial charge on any atom is 0.326 e. The second-order valence-corrected chi connectivity index (χ2v) is 6.86. The predicted octanol–water partition coefficient (Wildman–Crippen LogP) is 4.17. The average Bonchev–Trinajstić information content (AvgIpc) is 3.07. The van der Waals surface area contributed by atoms with E-state index in [1.54, 1.807) is 49.4 Å². The van der Waals surface area contributed by atoms with Gasteiger partial charge in [0.05, 0.1) is 12.4 Å². The molecule has 0 spiro atoms. The number of amides is 1. The van der Waals surface area contributed by atoms with Crippen LogP contribution in [0.15, 0.2) is 58.2 Å². The van der Waals surface area contributed by atoms with E-state index in [2.05, 4.69) is 4.98 Å². The first-order valence-electron chi connectivity index (χ1n) is 8.26. The quantitative estimate of drug-likeness (QED) is 0.434. The van der Waals surface area contributed by atoms with Crippen LogP contribution in [-0.4, -0.2) is 35.8 Å². The van der Waals surface area contributed by atoms with Gasteiger partial charge < -0.3 is 14.1 Å². The van der Waals surface area contributed by atoms with E-state index in [1.807, 2.05) is 6.07 Å². The summed E-state index contributed by atoms with van der Waals surface area (Å²) in [6.07, 6.45) is 0. The van der Waals surface area contributed by atoms with Gasteiger partial charge in [-0.15, -0.1) is 0 Å². The third-order valence-corrected chi connectivity index (χ3v) is 4.66. The summed E-state index contributed by atoms with van der Waals surface area (Å²) >= 11 is 7.11. The van der Waals surface area contributed by atoms with Crippen LogP contribution in [0.25, 0.3) is 11.1 Å². The number of para-hydroxylation sites is 1. The first-order chi connectivity index (χ1) is 13.1. The first kappa shape index (κ1) is 19.3. The number of carbonyl (C=O) groups excluding carboxylic acids is 2. The third kappa shape index (κ3) is 5.02. The standard InChI is InChI=1S/C19H17ClN2O4S/c1-2-25-18(24)11-22(14-6-4-3-5-7-14)17(23)12-27-19-21-15-10-13(20)8-9-16(15)26-19/h3-10H,2,11-12H2,1H3. The number of anilines is 1. The van der Waals surface area contributed by atoms with Gasteiger partial charge in [0, 0.05) is 10.7 Å². The Labute approximate surface area is 165 Å². The maximum atomic E-state index is 12.7. The summed E-state index contributed by atoms with van der Waals surface area (Å²) in [5.41, 5.74) is 1.85. The minimum absolute atomic E-state index is 0.0643. The van der Waals surface area contributed by atoms with Gasteiger partial charge in [0.2, 0.25) is 5.91 Å². The van der Waals surface area contributed by atoms with E-state index in [4.69, 9.17) is 20.8 Å². The van der Waals surface area contributed by atoms with Gasteiger partial charge in [0.25, 0.3) is 5.22 Å². The number of hydrogen-bond donors (Lipinski definition) is 0. The van der Waals surface area contributed by atoms with Crippen LogP contribution in [0.4, 0.5) is 5.69 Å². The highest BCUT2D eigenvalue weighted by molar-refractivity contribution is 7.99.